The molecule has 0 amide bonds. The summed E-state index contributed by atoms with van der Waals surface area (Å²) >= 11 is 0. The Morgan fingerprint density at radius 1 is 1.50 bits per heavy atom. The average molecular weight is 195 g/mol. The molecule has 1 fully saturated rings. The minimum atomic E-state index is -0.197. The van der Waals surface area contributed by atoms with Gasteiger partial charge in [0, 0.05) is 7.11 Å². The van der Waals surface area contributed by atoms with E-state index in [0.717, 1.165) is 18.6 Å². The molecule has 78 valence electrons. The van der Waals surface area contributed by atoms with E-state index in [0.29, 0.717) is 0 Å². The summed E-state index contributed by atoms with van der Waals surface area (Å²) in [6.45, 7) is 0. The number of rotatable bonds is 3. The quantitative estimate of drug-likeness (QED) is 0.804. The first-order valence-electron chi connectivity index (χ1n) is 5.13. The minimum Gasteiger partial charge on any atom is -0.468 e. The van der Waals surface area contributed by atoms with E-state index >= 15 is 0 Å². The van der Waals surface area contributed by atoms with E-state index in [-0.39, 0.29) is 11.6 Å². The predicted molar refractivity (Wildman–Crippen MR) is 53.8 cm³/mol. The van der Waals surface area contributed by atoms with Crippen LogP contribution in [0.25, 0.3) is 0 Å². The third-order valence-electron chi connectivity index (χ3n) is 3.27. The van der Waals surface area contributed by atoms with Crippen LogP contribution in [0.2, 0.25) is 0 Å². The van der Waals surface area contributed by atoms with E-state index in [1.807, 2.05) is 12.1 Å². The van der Waals surface area contributed by atoms with E-state index in [2.05, 4.69) is 0 Å². The van der Waals surface area contributed by atoms with Crippen LogP contribution in [-0.2, 0) is 4.74 Å². The van der Waals surface area contributed by atoms with Crippen molar-refractivity contribution in [2.24, 2.45) is 5.73 Å². The second-order valence-corrected chi connectivity index (χ2v) is 3.97. The maximum atomic E-state index is 6.17. The highest BCUT2D eigenvalue weighted by atomic mass is 16.5. The number of nitrogens with two attached hydrogens (primary N) is 1. The summed E-state index contributed by atoms with van der Waals surface area (Å²) in [5.41, 5.74) is 5.97. The van der Waals surface area contributed by atoms with Gasteiger partial charge in [0.2, 0.25) is 0 Å². The summed E-state index contributed by atoms with van der Waals surface area (Å²) < 4.78 is 10.9. The van der Waals surface area contributed by atoms with Gasteiger partial charge in [-0.25, -0.2) is 0 Å². The molecule has 0 saturated heterocycles. The average Bonchev–Trinajstić information content (AvgIpc) is 2.89. The first-order chi connectivity index (χ1) is 6.78. The number of methoxy groups -OCH3 is 1. The van der Waals surface area contributed by atoms with Crippen molar-refractivity contribution in [2.75, 3.05) is 7.11 Å². The molecule has 0 radical (unpaired) electrons. The van der Waals surface area contributed by atoms with Crippen molar-refractivity contribution in [3.8, 4) is 0 Å². The summed E-state index contributed by atoms with van der Waals surface area (Å²) in [5.74, 6) is 0.828. The van der Waals surface area contributed by atoms with Crippen LogP contribution in [0.1, 0.15) is 37.5 Å². The van der Waals surface area contributed by atoms with Gasteiger partial charge in [0.1, 0.15) is 5.76 Å². The zero-order chi connectivity index (χ0) is 10.0. The van der Waals surface area contributed by atoms with E-state index in [1.54, 1.807) is 13.4 Å². The molecule has 1 aliphatic rings. The normalized spacial score (nSPS) is 22.4. The van der Waals surface area contributed by atoms with Crippen molar-refractivity contribution in [2.45, 2.75) is 37.3 Å². The zero-order valence-corrected chi connectivity index (χ0v) is 8.53. The van der Waals surface area contributed by atoms with Crippen molar-refractivity contribution < 1.29 is 9.15 Å². The SMILES string of the molecule is COC1(C(N)c2ccco2)CCCC1. The smallest absolute Gasteiger partial charge is 0.123 e. The Labute approximate surface area is 84.2 Å². The lowest BCUT2D eigenvalue weighted by Gasteiger charge is -2.32. The first-order valence-corrected chi connectivity index (χ1v) is 5.13. The lowest BCUT2D eigenvalue weighted by Crippen LogP contribution is -2.40. The Kier molecular flexibility index (Phi) is 2.61. The fourth-order valence-corrected chi connectivity index (χ4v) is 2.34. The molecule has 1 aromatic heterocycles. The molecule has 1 unspecified atom stereocenters. The van der Waals surface area contributed by atoms with Gasteiger partial charge in [-0.15, -0.1) is 0 Å². The van der Waals surface area contributed by atoms with Crippen LogP contribution in [0.4, 0.5) is 0 Å². The van der Waals surface area contributed by atoms with Gasteiger partial charge in [0.25, 0.3) is 0 Å². The molecule has 2 rings (SSSR count). The Morgan fingerprint density at radius 3 is 2.71 bits per heavy atom. The lowest BCUT2D eigenvalue weighted by atomic mass is 9.91. The Morgan fingerprint density at radius 2 is 2.21 bits per heavy atom. The van der Waals surface area contributed by atoms with Gasteiger partial charge < -0.3 is 14.9 Å². The van der Waals surface area contributed by atoms with Gasteiger partial charge in [-0.05, 0) is 25.0 Å². The fourth-order valence-electron chi connectivity index (χ4n) is 2.34. The van der Waals surface area contributed by atoms with Crippen molar-refractivity contribution in [3.05, 3.63) is 24.2 Å². The molecule has 0 aromatic carbocycles. The first kappa shape index (κ1) is 9.74. The summed E-state index contributed by atoms with van der Waals surface area (Å²) in [4.78, 5) is 0. The lowest BCUT2D eigenvalue weighted by molar-refractivity contribution is -0.0312. The van der Waals surface area contributed by atoms with E-state index in [1.165, 1.54) is 12.8 Å². The molecule has 1 saturated carbocycles. The number of hydrogen-bond acceptors (Lipinski definition) is 3. The van der Waals surface area contributed by atoms with Crippen molar-refractivity contribution >= 4 is 0 Å². The third-order valence-corrected chi connectivity index (χ3v) is 3.27. The van der Waals surface area contributed by atoms with Gasteiger partial charge in [0.15, 0.2) is 0 Å². The highest BCUT2D eigenvalue weighted by Gasteiger charge is 2.41. The zero-order valence-electron chi connectivity index (χ0n) is 8.53. The maximum absolute atomic E-state index is 6.17. The van der Waals surface area contributed by atoms with Crippen molar-refractivity contribution in [1.82, 2.24) is 0 Å². The monoisotopic (exact) mass is 195 g/mol. The highest BCUT2D eigenvalue weighted by molar-refractivity contribution is 5.11. The number of furan rings is 1. The molecule has 0 bridgehead atoms. The second-order valence-electron chi connectivity index (χ2n) is 3.97. The third kappa shape index (κ3) is 1.47. The summed E-state index contributed by atoms with van der Waals surface area (Å²) in [6.07, 6.45) is 6.12. The van der Waals surface area contributed by atoms with E-state index < -0.39 is 0 Å². The molecule has 2 N–H and O–H groups in total. The maximum Gasteiger partial charge on any atom is 0.123 e. The summed E-state index contributed by atoms with van der Waals surface area (Å²) in [5, 5.41) is 0. The molecule has 14 heavy (non-hydrogen) atoms. The molecule has 0 spiro atoms. The molecular weight excluding hydrogens is 178 g/mol. The van der Waals surface area contributed by atoms with Crippen LogP contribution in [0.15, 0.2) is 22.8 Å². The van der Waals surface area contributed by atoms with Gasteiger partial charge in [-0.2, -0.15) is 0 Å². The second kappa shape index (κ2) is 3.75. The van der Waals surface area contributed by atoms with Gasteiger partial charge in [-0.1, -0.05) is 12.8 Å². The van der Waals surface area contributed by atoms with Crippen LogP contribution in [0, 0.1) is 0 Å². The van der Waals surface area contributed by atoms with Crippen LogP contribution >= 0.6 is 0 Å². The molecule has 3 heteroatoms. The van der Waals surface area contributed by atoms with Gasteiger partial charge in [0.05, 0.1) is 17.9 Å². The molecule has 1 aliphatic carbocycles. The Balaban J connectivity index is 2.19. The standard InChI is InChI=1S/C11H17NO2/c1-13-11(6-2-3-7-11)10(12)9-5-4-8-14-9/h4-5,8,10H,2-3,6-7,12H2,1H3. The molecule has 1 atom stereocenters. The topological polar surface area (TPSA) is 48.4 Å². The van der Waals surface area contributed by atoms with Crippen LogP contribution in [-0.4, -0.2) is 12.7 Å². The van der Waals surface area contributed by atoms with E-state index in [4.69, 9.17) is 14.9 Å². The van der Waals surface area contributed by atoms with Crippen LogP contribution in [0.3, 0.4) is 0 Å². The number of ether oxygens (including phenoxy) is 1. The van der Waals surface area contributed by atoms with E-state index in [9.17, 15) is 0 Å². The molecule has 0 aliphatic heterocycles. The van der Waals surface area contributed by atoms with Crippen molar-refractivity contribution in [3.63, 3.8) is 0 Å². The largest absolute Gasteiger partial charge is 0.468 e. The molecular formula is C11H17NO2. The highest BCUT2D eigenvalue weighted by Crippen LogP contribution is 2.41. The summed E-state index contributed by atoms with van der Waals surface area (Å²) in [7, 11) is 1.74. The Hall–Kier alpha value is -0.800. The molecule has 3 nitrogen and oxygen atoms in total. The van der Waals surface area contributed by atoms with Gasteiger partial charge >= 0.3 is 0 Å². The number of hydrogen-bond donors (Lipinski definition) is 1. The Bertz CT molecular complexity index is 275. The van der Waals surface area contributed by atoms with Crippen LogP contribution in [0.5, 0.6) is 0 Å². The summed E-state index contributed by atoms with van der Waals surface area (Å²) in [6, 6.07) is 3.65. The predicted octanol–water partition coefficient (Wildman–Crippen LogP) is 2.24. The molecule has 1 heterocycles. The van der Waals surface area contributed by atoms with Gasteiger partial charge in [-0.3, -0.25) is 0 Å². The van der Waals surface area contributed by atoms with Crippen LogP contribution < -0.4 is 5.73 Å². The molecule has 1 aromatic rings. The van der Waals surface area contributed by atoms with Crippen molar-refractivity contribution in [1.29, 1.82) is 0 Å². The minimum absolute atomic E-state index is 0.134. The fraction of sp³-hybridized carbons (Fsp3) is 0.636.